The van der Waals surface area contributed by atoms with Crippen molar-refractivity contribution in [3.8, 4) is 0 Å². The molecular formula is C23H29N5O2. The van der Waals surface area contributed by atoms with E-state index in [1.165, 1.54) is 0 Å². The third kappa shape index (κ3) is 4.62. The van der Waals surface area contributed by atoms with Crippen molar-refractivity contribution in [2.24, 2.45) is 5.41 Å². The maximum absolute atomic E-state index is 13.0. The largest absolute Gasteiger partial charge is 0.342 e. The van der Waals surface area contributed by atoms with Gasteiger partial charge in [0.2, 0.25) is 5.91 Å². The van der Waals surface area contributed by atoms with Crippen LogP contribution in [0.3, 0.4) is 0 Å². The first kappa shape index (κ1) is 20.3. The van der Waals surface area contributed by atoms with E-state index in [0.717, 1.165) is 30.9 Å². The zero-order valence-electron chi connectivity index (χ0n) is 17.5. The summed E-state index contributed by atoms with van der Waals surface area (Å²) >= 11 is 0. The number of rotatable bonds is 4. The highest BCUT2D eigenvalue weighted by Gasteiger charge is 2.46. The molecule has 2 fully saturated rings. The van der Waals surface area contributed by atoms with Crippen LogP contribution in [0.15, 0.2) is 54.9 Å². The molecule has 1 aromatic heterocycles. The van der Waals surface area contributed by atoms with Gasteiger partial charge < -0.3 is 15.1 Å². The number of carbonyl (C=O) groups excluding carboxylic acids is 2. The van der Waals surface area contributed by atoms with Gasteiger partial charge in [-0.2, -0.15) is 0 Å². The van der Waals surface area contributed by atoms with Crippen molar-refractivity contribution in [2.75, 3.05) is 44.6 Å². The lowest BCUT2D eigenvalue weighted by atomic mass is 9.86. The van der Waals surface area contributed by atoms with E-state index in [1.807, 2.05) is 59.3 Å². The van der Waals surface area contributed by atoms with Crippen molar-refractivity contribution in [1.82, 2.24) is 19.7 Å². The van der Waals surface area contributed by atoms with Gasteiger partial charge in [0.15, 0.2) is 0 Å². The van der Waals surface area contributed by atoms with Crippen molar-refractivity contribution in [3.05, 3.63) is 60.4 Å². The summed E-state index contributed by atoms with van der Waals surface area (Å²) in [5.74, 6) is 0.184. The zero-order valence-corrected chi connectivity index (χ0v) is 17.5. The third-order valence-electron chi connectivity index (χ3n) is 6.00. The van der Waals surface area contributed by atoms with Gasteiger partial charge in [0.25, 0.3) is 0 Å². The smallest absolute Gasteiger partial charge is 0.321 e. The van der Waals surface area contributed by atoms with Gasteiger partial charge in [-0.15, -0.1) is 0 Å². The van der Waals surface area contributed by atoms with E-state index in [9.17, 15) is 9.59 Å². The highest BCUT2D eigenvalue weighted by molar-refractivity contribution is 5.89. The summed E-state index contributed by atoms with van der Waals surface area (Å²) in [5.41, 5.74) is 1.68. The van der Waals surface area contributed by atoms with Gasteiger partial charge in [0.1, 0.15) is 0 Å². The maximum Gasteiger partial charge on any atom is 0.321 e. The van der Waals surface area contributed by atoms with E-state index in [2.05, 4.69) is 21.3 Å². The minimum atomic E-state index is -0.250. The third-order valence-corrected chi connectivity index (χ3v) is 6.00. The molecular weight excluding hydrogens is 378 g/mol. The highest BCUT2D eigenvalue weighted by Crippen LogP contribution is 2.35. The van der Waals surface area contributed by atoms with Crippen LogP contribution in [0.1, 0.15) is 18.9 Å². The van der Waals surface area contributed by atoms with Crippen molar-refractivity contribution < 1.29 is 9.59 Å². The normalized spacial score (nSPS) is 22.4. The van der Waals surface area contributed by atoms with Crippen LogP contribution in [0, 0.1) is 5.41 Å². The number of pyridine rings is 1. The monoisotopic (exact) mass is 407 g/mol. The Labute approximate surface area is 177 Å². The molecule has 0 radical (unpaired) electrons. The predicted octanol–water partition coefficient (Wildman–Crippen LogP) is 2.67. The Balaban J connectivity index is 1.53. The van der Waals surface area contributed by atoms with Gasteiger partial charge in [-0.25, -0.2) is 4.79 Å². The maximum atomic E-state index is 13.0. The molecule has 1 N–H and O–H groups in total. The number of urea groups is 1. The number of anilines is 1. The Bertz CT molecular complexity index is 876. The van der Waals surface area contributed by atoms with Gasteiger partial charge in [-0.05, 0) is 30.7 Å². The Hall–Kier alpha value is -2.93. The molecule has 1 unspecified atom stereocenters. The van der Waals surface area contributed by atoms with E-state index >= 15 is 0 Å². The molecule has 2 saturated heterocycles. The van der Waals surface area contributed by atoms with Crippen LogP contribution in [0.25, 0.3) is 0 Å². The van der Waals surface area contributed by atoms with Gasteiger partial charge in [0.05, 0.1) is 0 Å². The fourth-order valence-corrected chi connectivity index (χ4v) is 4.61. The topological polar surface area (TPSA) is 68.8 Å². The lowest BCUT2D eigenvalue weighted by molar-refractivity contribution is -0.127. The van der Waals surface area contributed by atoms with Gasteiger partial charge in [0, 0.05) is 75.7 Å². The fourth-order valence-electron chi connectivity index (χ4n) is 4.61. The average Bonchev–Trinajstić information content (AvgIpc) is 2.95. The van der Waals surface area contributed by atoms with Gasteiger partial charge in [-0.1, -0.05) is 24.3 Å². The Morgan fingerprint density at radius 1 is 1.10 bits per heavy atom. The molecule has 2 aliphatic heterocycles. The number of hydrogen-bond donors (Lipinski definition) is 1. The number of hydrogen-bond acceptors (Lipinski definition) is 4. The Kier molecular flexibility index (Phi) is 5.99. The second-order valence-electron chi connectivity index (χ2n) is 8.37. The van der Waals surface area contributed by atoms with Crippen LogP contribution < -0.4 is 5.32 Å². The van der Waals surface area contributed by atoms with E-state index in [4.69, 9.17) is 0 Å². The molecule has 30 heavy (non-hydrogen) atoms. The molecule has 4 rings (SSSR count). The Morgan fingerprint density at radius 3 is 2.63 bits per heavy atom. The van der Waals surface area contributed by atoms with Crippen molar-refractivity contribution in [1.29, 1.82) is 0 Å². The quantitative estimate of drug-likeness (QED) is 0.846. The molecule has 3 amide bonds. The second kappa shape index (κ2) is 8.83. The van der Waals surface area contributed by atoms with Crippen LogP contribution in [0.4, 0.5) is 10.5 Å². The van der Waals surface area contributed by atoms with Crippen LogP contribution in [0.2, 0.25) is 0 Å². The van der Waals surface area contributed by atoms with Crippen LogP contribution in [-0.2, 0) is 11.3 Å². The van der Waals surface area contributed by atoms with E-state index in [0.29, 0.717) is 32.6 Å². The lowest BCUT2D eigenvalue weighted by Crippen LogP contribution is -2.45. The molecule has 2 aliphatic rings. The molecule has 1 aromatic carbocycles. The summed E-state index contributed by atoms with van der Waals surface area (Å²) in [5, 5.41) is 3.01. The molecule has 2 aromatic rings. The summed E-state index contributed by atoms with van der Waals surface area (Å²) < 4.78 is 0. The van der Waals surface area contributed by atoms with Gasteiger partial charge >= 0.3 is 6.03 Å². The standard InChI is InChI=1S/C23H29N5O2/c1-2-27-17-23(13-21(27)29)16-26(15-19-7-6-10-24-14-19)11-12-28(18-23)22(30)25-20-8-4-3-5-9-20/h3-10,14H,2,11-13,15-18H2,1H3,(H,25,30). The first-order valence-corrected chi connectivity index (χ1v) is 10.6. The molecule has 158 valence electrons. The van der Waals surface area contributed by atoms with Crippen LogP contribution in [-0.4, -0.2) is 70.9 Å². The van der Waals surface area contributed by atoms with Crippen molar-refractivity contribution >= 4 is 17.6 Å². The predicted molar refractivity (Wildman–Crippen MR) is 116 cm³/mol. The molecule has 7 nitrogen and oxygen atoms in total. The molecule has 1 spiro atoms. The molecule has 1 atom stereocenters. The number of nitrogens with one attached hydrogen (secondary N) is 1. The van der Waals surface area contributed by atoms with Crippen molar-refractivity contribution in [3.63, 3.8) is 0 Å². The number of amides is 3. The summed E-state index contributed by atoms with van der Waals surface area (Å²) in [6.07, 6.45) is 4.15. The molecule has 0 saturated carbocycles. The van der Waals surface area contributed by atoms with E-state index in [1.54, 1.807) is 6.20 Å². The van der Waals surface area contributed by atoms with E-state index < -0.39 is 0 Å². The van der Waals surface area contributed by atoms with Crippen molar-refractivity contribution in [2.45, 2.75) is 19.9 Å². The minimum Gasteiger partial charge on any atom is -0.342 e. The Morgan fingerprint density at radius 2 is 1.93 bits per heavy atom. The first-order chi connectivity index (χ1) is 14.6. The summed E-state index contributed by atoms with van der Waals surface area (Å²) in [6.45, 7) is 6.95. The number of benzene rings is 1. The average molecular weight is 408 g/mol. The van der Waals surface area contributed by atoms with Crippen LogP contribution >= 0.6 is 0 Å². The first-order valence-electron chi connectivity index (χ1n) is 10.6. The van der Waals surface area contributed by atoms with Gasteiger partial charge in [-0.3, -0.25) is 14.7 Å². The second-order valence-corrected chi connectivity index (χ2v) is 8.37. The number of para-hydroxylation sites is 1. The SMILES string of the molecule is CCN1CC2(CC1=O)CN(Cc1cccnc1)CCN(C(=O)Nc1ccccc1)C2. The highest BCUT2D eigenvalue weighted by atomic mass is 16.2. The number of likely N-dealkylation sites (tertiary alicyclic amines) is 1. The van der Waals surface area contributed by atoms with E-state index in [-0.39, 0.29) is 17.4 Å². The number of carbonyl (C=O) groups is 2. The minimum absolute atomic E-state index is 0.105. The zero-order chi connectivity index (χ0) is 21.0. The molecule has 7 heteroatoms. The number of nitrogens with zero attached hydrogens (tertiary/aromatic N) is 4. The summed E-state index contributed by atoms with van der Waals surface area (Å²) in [6, 6.07) is 13.4. The van der Waals surface area contributed by atoms with Crippen LogP contribution in [0.5, 0.6) is 0 Å². The lowest BCUT2D eigenvalue weighted by Gasteiger charge is -2.33. The summed E-state index contributed by atoms with van der Waals surface area (Å²) in [7, 11) is 0. The fraction of sp³-hybridized carbons (Fsp3) is 0.435. The number of aromatic nitrogens is 1. The molecule has 0 aliphatic carbocycles. The summed E-state index contributed by atoms with van der Waals surface area (Å²) in [4.78, 5) is 36.0. The molecule has 0 bridgehead atoms. The molecule has 3 heterocycles.